The molecule has 172 valence electrons. The average molecular weight is 458 g/mol. The van der Waals surface area contributed by atoms with Crippen LogP contribution in [0.15, 0.2) is 60.7 Å². The fourth-order valence-corrected chi connectivity index (χ4v) is 4.17. The molecule has 0 saturated carbocycles. The molecule has 0 spiro atoms. The number of nitrogen functional groups attached to an aromatic ring is 1. The highest BCUT2D eigenvalue weighted by Crippen LogP contribution is 2.29. The van der Waals surface area contributed by atoms with Gasteiger partial charge in [-0.3, -0.25) is 4.79 Å². The largest absolute Gasteiger partial charge is 0.368 e. The van der Waals surface area contributed by atoms with E-state index < -0.39 is 6.04 Å². The van der Waals surface area contributed by atoms with Gasteiger partial charge in [-0.05, 0) is 48.9 Å². The SMILES string of the molecule is Cc1cccc(NC(=O)C2CNCCN2c2nc(N)nc3ccc(-c4cccc(F)c4)nc23)c1. The highest BCUT2D eigenvalue weighted by Gasteiger charge is 2.31. The van der Waals surface area contributed by atoms with Gasteiger partial charge in [-0.1, -0.05) is 24.3 Å². The molecule has 1 saturated heterocycles. The maximum absolute atomic E-state index is 13.8. The Bertz CT molecular complexity index is 1380. The van der Waals surface area contributed by atoms with Crippen LogP contribution in [0.2, 0.25) is 0 Å². The molecule has 0 aliphatic carbocycles. The van der Waals surface area contributed by atoms with Gasteiger partial charge in [0.15, 0.2) is 5.82 Å². The lowest BCUT2D eigenvalue weighted by Gasteiger charge is -2.36. The molecule has 34 heavy (non-hydrogen) atoms. The molecule has 1 unspecified atom stereocenters. The van der Waals surface area contributed by atoms with Crippen molar-refractivity contribution in [2.75, 3.05) is 35.6 Å². The van der Waals surface area contributed by atoms with Crippen LogP contribution in [-0.4, -0.2) is 46.5 Å². The number of fused-ring (bicyclic) bond motifs is 1. The lowest BCUT2D eigenvalue weighted by atomic mass is 10.1. The Morgan fingerprint density at radius 1 is 1.12 bits per heavy atom. The quantitative estimate of drug-likeness (QED) is 0.432. The number of rotatable bonds is 4. The number of carbonyl (C=O) groups excluding carboxylic acids is 1. The van der Waals surface area contributed by atoms with Gasteiger partial charge in [0.25, 0.3) is 0 Å². The molecule has 1 aliphatic heterocycles. The zero-order valence-corrected chi connectivity index (χ0v) is 18.6. The second kappa shape index (κ2) is 9.03. The lowest BCUT2D eigenvalue weighted by Crippen LogP contribution is -2.57. The number of anilines is 3. The Kier molecular flexibility index (Phi) is 5.77. The maximum atomic E-state index is 13.8. The van der Waals surface area contributed by atoms with Crippen LogP contribution in [-0.2, 0) is 4.79 Å². The molecule has 5 rings (SSSR count). The molecule has 4 N–H and O–H groups in total. The van der Waals surface area contributed by atoms with Gasteiger partial charge in [-0.15, -0.1) is 0 Å². The minimum atomic E-state index is -0.536. The summed E-state index contributed by atoms with van der Waals surface area (Å²) in [6.45, 7) is 3.61. The van der Waals surface area contributed by atoms with E-state index in [0.29, 0.717) is 47.7 Å². The molecule has 4 aromatic rings. The van der Waals surface area contributed by atoms with E-state index in [-0.39, 0.29) is 17.7 Å². The summed E-state index contributed by atoms with van der Waals surface area (Å²) >= 11 is 0. The van der Waals surface area contributed by atoms with Crippen LogP contribution in [0.25, 0.3) is 22.3 Å². The molecular weight excluding hydrogens is 433 g/mol. The van der Waals surface area contributed by atoms with E-state index in [1.54, 1.807) is 24.3 Å². The summed E-state index contributed by atoms with van der Waals surface area (Å²) in [6.07, 6.45) is 0. The van der Waals surface area contributed by atoms with E-state index in [1.807, 2.05) is 36.1 Å². The van der Waals surface area contributed by atoms with Crippen molar-refractivity contribution in [1.29, 1.82) is 0 Å². The summed E-state index contributed by atoms with van der Waals surface area (Å²) < 4.78 is 13.8. The number of benzene rings is 2. The van der Waals surface area contributed by atoms with E-state index in [2.05, 4.69) is 20.6 Å². The minimum Gasteiger partial charge on any atom is -0.368 e. The van der Waals surface area contributed by atoms with E-state index >= 15 is 0 Å². The number of hydrogen-bond acceptors (Lipinski definition) is 7. The van der Waals surface area contributed by atoms with Gasteiger partial charge in [-0.25, -0.2) is 14.4 Å². The predicted octanol–water partition coefficient (Wildman–Crippen LogP) is 3.14. The molecule has 1 fully saturated rings. The van der Waals surface area contributed by atoms with Crippen LogP contribution < -0.4 is 21.3 Å². The molecule has 9 heteroatoms. The van der Waals surface area contributed by atoms with Crippen LogP contribution in [0.5, 0.6) is 0 Å². The molecule has 8 nitrogen and oxygen atoms in total. The second-order valence-electron chi connectivity index (χ2n) is 8.25. The van der Waals surface area contributed by atoms with Crippen LogP contribution in [0.4, 0.5) is 21.8 Å². The third-order valence-electron chi connectivity index (χ3n) is 5.77. The first-order valence-corrected chi connectivity index (χ1v) is 11.0. The fraction of sp³-hybridized carbons (Fsp3) is 0.200. The van der Waals surface area contributed by atoms with Gasteiger partial charge < -0.3 is 21.3 Å². The van der Waals surface area contributed by atoms with E-state index in [1.165, 1.54) is 12.1 Å². The van der Waals surface area contributed by atoms with Gasteiger partial charge in [-0.2, -0.15) is 4.98 Å². The van der Waals surface area contributed by atoms with Crippen LogP contribution in [0, 0.1) is 12.7 Å². The van der Waals surface area contributed by atoms with Gasteiger partial charge in [0.05, 0.1) is 11.2 Å². The number of aryl methyl sites for hydroxylation is 1. The first-order valence-electron chi connectivity index (χ1n) is 11.0. The molecule has 1 amide bonds. The third-order valence-corrected chi connectivity index (χ3v) is 5.77. The van der Waals surface area contributed by atoms with Crippen molar-refractivity contribution < 1.29 is 9.18 Å². The van der Waals surface area contributed by atoms with Gasteiger partial charge in [0.2, 0.25) is 11.9 Å². The number of halogens is 1. The van der Waals surface area contributed by atoms with E-state index in [9.17, 15) is 9.18 Å². The third kappa shape index (κ3) is 4.38. The summed E-state index contributed by atoms with van der Waals surface area (Å²) in [7, 11) is 0. The van der Waals surface area contributed by atoms with Gasteiger partial charge in [0.1, 0.15) is 17.4 Å². The first-order chi connectivity index (χ1) is 16.5. The summed E-state index contributed by atoms with van der Waals surface area (Å²) in [6, 6.07) is 16.9. The average Bonchev–Trinajstić information content (AvgIpc) is 2.83. The Morgan fingerprint density at radius 3 is 2.79 bits per heavy atom. The molecule has 0 radical (unpaired) electrons. The zero-order chi connectivity index (χ0) is 23.7. The topological polar surface area (TPSA) is 109 Å². The highest BCUT2D eigenvalue weighted by molar-refractivity contribution is 5.99. The molecule has 1 atom stereocenters. The summed E-state index contributed by atoms with van der Waals surface area (Å²) in [5, 5.41) is 6.28. The number of nitrogens with one attached hydrogen (secondary N) is 2. The lowest BCUT2D eigenvalue weighted by molar-refractivity contribution is -0.117. The number of nitrogens with zero attached hydrogens (tertiary/aromatic N) is 4. The Morgan fingerprint density at radius 2 is 1.97 bits per heavy atom. The van der Waals surface area contributed by atoms with E-state index in [0.717, 1.165) is 11.3 Å². The van der Waals surface area contributed by atoms with Crippen molar-refractivity contribution in [1.82, 2.24) is 20.3 Å². The van der Waals surface area contributed by atoms with Crippen LogP contribution in [0.1, 0.15) is 5.56 Å². The van der Waals surface area contributed by atoms with Crippen molar-refractivity contribution in [2.24, 2.45) is 0 Å². The van der Waals surface area contributed by atoms with Crippen molar-refractivity contribution in [3.63, 3.8) is 0 Å². The van der Waals surface area contributed by atoms with Crippen LogP contribution >= 0.6 is 0 Å². The summed E-state index contributed by atoms with van der Waals surface area (Å²) in [5.74, 6) is 0.0680. The number of piperazine rings is 1. The number of hydrogen-bond donors (Lipinski definition) is 3. The molecule has 2 aromatic carbocycles. The second-order valence-corrected chi connectivity index (χ2v) is 8.25. The van der Waals surface area contributed by atoms with Crippen molar-refractivity contribution >= 4 is 34.4 Å². The summed E-state index contributed by atoms with van der Waals surface area (Å²) in [4.78, 5) is 28.7. The standard InChI is InChI=1S/C25H24FN7O/c1-15-4-2-7-18(12-15)29-24(34)21-14-28-10-11-33(21)23-22-20(31-25(27)32-23)9-8-19(30-22)16-5-3-6-17(26)13-16/h2-9,12-13,21,28H,10-11,14H2,1H3,(H,29,34)(H2,27,31,32). The Hall–Kier alpha value is -4.11. The zero-order valence-electron chi connectivity index (χ0n) is 18.6. The highest BCUT2D eigenvalue weighted by atomic mass is 19.1. The van der Waals surface area contributed by atoms with Gasteiger partial charge in [0, 0.05) is 30.9 Å². The number of amides is 1. The number of nitrogens with two attached hydrogens (primary N) is 1. The minimum absolute atomic E-state index is 0.0965. The van der Waals surface area contributed by atoms with Crippen LogP contribution in [0.3, 0.4) is 0 Å². The number of pyridine rings is 1. The molecule has 2 aromatic heterocycles. The summed E-state index contributed by atoms with van der Waals surface area (Å²) in [5.41, 5.74) is 10.1. The monoisotopic (exact) mass is 457 g/mol. The van der Waals surface area contributed by atoms with Crippen molar-refractivity contribution in [3.05, 3.63) is 72.0 Å². The van der Waals surface area contributed by atoms with Gasteiger partial charge >= 0.3 is 0 Å². The Labute approximate surface area is 196 Å². The maximum Gasteiger partial charge on any atom is 0.248 e. The molecule has 1 aliphatic rings. The van der Waals surface area contributed by atoms with Crippen molar-refractivity contribution in [3.8, 4) is 11.3 Å². The Balaban J connectivity index is 1.55. The van der Waals surface area contributed by atoms with Crippen molar-refractivity contribution in [2.45, 2.75) is 13.0 Å². The molecular formula is C25H24FN7O. The molecule has 3 heterocycles. The first kappa shape index (κ1) is 21.7. The molecule has 0 bridgehead atoms. The predicted molar refractivity (Wildman–Crippen MR) is 131 cm³/mol. The number of aromatic nitrogens is 3. The normalized spacial score (nSPS) is 15.9. The smallest absolute Gasteiger partial charge is 0.248 e. The van der Waals surface area contributed by atoms with E-state index in [4.69, 9.17) is 10.7 Å². The fourth-order valence-electron chi connectivity index (χ4n) is 4.17. The number of carbonyl (C=O) groups is 1.